The Labute approximate surface area is 216 Å². The van der Waals surface area contributed by atoms with E-state index < -0.39 is 31.5 Å². The van der Waals surface area contributed by atoms with Gasteiger partial charge in [-0.15, -0.1) is 0 Å². The largest absolute Gasteiger partial charge is 0.455 e. The van der Waals surface area contributed by atoms with Crippen molar-refractivity contribution in [3.05, 3.63) is 94.2 Å². The summed E-state index contributed by atoms with van der Waals surface area (Å²) >= 11 is 3.39. The van der Waals surface area contributed by atoms with Crippen LogP contribution in [0.4, 0.5) is 0 Å². The highest BCUT2D eigenvalue weighted by atomic mass is 79.9. The molecule has 0 unspecified atom stereocenters. The first-order chi connectivity index (χ1) is 16.9. The first-order valence-corrected chi connectivity index (χ1v) is 14.4. The number of carbonyl (C=O) groups is 1. The highest BCUT2D eigenvalue weighted by Gasteiger charge is 2.22. The number of carbonyl (C=O) groups excluding carboxylic acids is 1. The first kappa shape index (κ1) is 25.8. The van der Waals surface area contributed by atoms with Crippen LogP contribution in [0.2, 0.25) is 0 Å². The Hall–Kier alpha value is -3.32. The van der Waals surface area contributed by atoms with Crippen molar-refractivity contribution in [2.45, 2.75) is 16.7 Å². The third-order valence-corrected chi connectivity index (χ3v) is 8.27. The number of hydrogen-bond donors (Lipinski definition) is 2. The van der Waals surface area contributed by atoms with Crippen LogP contribution in [0, 0.1) is 6.92 Å². The van der Waals surface area contributed by atoms with Crippen molar-refractivity contribution >= 4 is 58.4 Å². The number of hydrazone groups is 1. The maximum absolute atomic E-state index is 13.1. The van der Waals surface area contributed by atoms with Crippen LogP contribution >= 0.6 is 15.9 Å². The lowest BCUT2D eigenvalue weighted by Gasteiger charge is -2.08. The van der Waals surface area contributed by atoms with Gasteiger partial charge in [-0.05, 0) is 67.6 Å². The maximum atomic E-state index is 13.1. The van der Waals surface area contributed by atoms with Crippen LogP contribution in [-0.4, -0.2) is 34.2 Å². The lowest BCUT2D eigenvalue weighted by molar-refractivity contribution is 0.0954. The molecule has 0 aliphatic rings. The van der Waals surface area contributed by atoms with E-state index in [1.54, 1.807) is 36.4 Å². The Morgan fingerprint density at radius 2 is 1.58 bits per heavy atom. The summed E-state index contributed by atoms with van der Waals surface area (Å²) in [7, 11) is -7.75. The van der Waals surface area contributed by atoms with Crippen LogP contribution in [-0.2, 0) is 19.9 Å². The molecule has 0 radical (unpaired) electrons. The normalized spacial score (nSPS) is 12.6. The number of primary sulfonamides is 1. The number of hydrogen-bond acceptors (Lipinski definition) is 7. The van der Waals surface area contributed by atoms with Gasteiger partial charge in [-0.25, -0.2) is 27.4 Å². The van der Waals surface area contributed by atoms with Gasteiger partial charge in [0.1, 0.15) is 17.0 Å². The molecule has 9 nitrogen and oxygen atoms in total. The zero-order valence-corrected chi connectivity index (χ0v) is 22.0. The average molecular weight is 590 g/mol. The minimum absolute atomic E-state index is 0.0163. The summed E-state index contributed by atoms with van der Waals surface area (Å²) in [5, 5.41) is 9.87. The van der Waals surface area contributed by atoms with E-state index in [-0.39, 0.29) is 26.8 Å². The number of nitrogens with two attached hydrogens (primary N) is 1. The molecule has 12 heteroatoms. The highest BCUT2D eigenvalue weighted by Crippen LogP contribution is 2.25. The third-order valence-electron chi connectivity index (χ3n) is 5.21. The number of sulfonamides is 1. The van der Waals surface area contributed by atoms with Crippen LogP contribution in [0.15, 0.2) is 96.6 Å². The fourth-order valence-electron chi connectivity index (χ4n) is 3.30. The predicted octanol–water partition coefficient (Wildman–Crippen LogP) is 3.76. The number of furan rings is 1. The highest BCUT2D eigenvalue weighted by molar-refractivity contribution is 9.10. The van der Waals surface area contributed by atoms with Crippen molar-refractivity contribution in [3.63, 3.8) is 0 Å². The van der Waals surface area contributed by atoms with E-state index in [4.69, 9.17) is 9.56 Å². The van der Waals surface area contributed by atoms with Gasteiger partial charge in [-0.3, -0.25) is 4.79 Å². The van der Waals surface area contributed by atoms with E-state index in [0.29, 0.717) is 11.0 Å². The third kappa shape index (κ3) is 5.90. The predicted molar refractivity (Wildman–Crippen MR) is 139 cm³/mol. The molecule has 36 heavy (non-hydrogen) atoms. The van der Waals surface area contributed by atoms with E-state index in [1.807, 2.05) is 6.92 Å². The molecule has 186 valence electrons. The van der Waals surface area contributed by atoms with Crippen molar-refractivity contribution in [2.24, 2.45) is 10.2 Å². The van der Waals surface area contributed by atoms with Crippen LogP contribution in [0.25, 0.3) is 11.0 Å². The molecular formula is C24H20BrN3O6S2. The quantitative estimate of drug-likeness (QED) is 0.247. The summed E-state index contributed by atoms with van der Waals surface area (Å²) < 4.78 is 55.8. The van der Waals surface area contributed by atoms with E-state index >= 15 is 0 Å². The molecule has 0 aliphatic carbocycles. The summed E-state index contributed by atoms with van der Waals surface area (Å²) in [6.45, 7) is 1.85. The Bertz CT molecular complexity index is 1690. The van der Waals surface area contributed by atoms with Crippen molar-refractivity contribution in [1.29, 1.82) is 0 Å². The van der Waals surface area contributed by atoms with Gasteiger partial charge in [0.25, 0.3) is 5.91 Å². The molecule has 4 aromatic rings. The molecule has 0 saturated heterocycles. The molecule has 0 aliphatic heterocycles. The molecule has 0 saturated carbocycles. The molecule has 0 spiro atoms. The number of nitrogens with zero attached hydrogens (tertiary/aromatic N) is 1. The molecule has 0 bridgehead atoms. The van der Waals surface area contributed by atoms with E-state index in [9.17, 15) is 21.6 Å². The molecular weight excluding hydrogens is 570 g/mol. The zero-order valence-electron chi connectivity index (χ0n) is 18.8. The fraction of sp³-hybridized carbons (Fsp3) is 0.0833. The van der Waals surface area contributed by atoms with Gasteiger partial charge in [0.15, 0.2) is 15.6 Å². The second-order valence-electron chi connectivity index (χ2n) is 7.93. The Kier molecular flexibility index (Phi) is 7.14. The standard InChI is InChI=1S/C24H20BrN3O6S2/c1-15-2-7-19(8-3-15)35(30,31)14-21(23-13-17-12-18(25)6-11-22(17)34-23)27-28-24(29)16-4-9-20(10-5-16)36(26,32)33/h2-13H,14H2,1H3,(H,28,29)(H2,26,32,33)/b27-21+. The van der Waals surface area contributed by atoms with E-state index in [0.717, 1.165) is 10.0 Å². The van der Waals surface area contributed by atoms with Gasteiger partial charge in [-0.2, -0.15) is 5.10 Å². The van der Waals surface area contributed by atoms with Crippen LogP contribution in [0.3, 0.4) is 0 Å². The number of fused-ring (bicyclic) bond motifs is 1. The summed E-state index contributed by atoms with van der Waals surface area (Å²) in [6, 6.07) is 18.2. The van der Waals surface area contributed by atoms with Gasteiger partial charge in [0, 0.05) is 15.4 Å². The SMILES string of the molecule is Cc1ccc(S(=O)(=O)C/C(=N\NC(=O)c2ccc(S(N)(=O)=O)cc2)c2cc3cc(Br)ccc3o2)cc1. The number of sulfone groups is 1. The van der Waals surface area contributed by atoms with Gasteiger partial charge in [0.05, 0.1) is 9.79 Å². The van der Waals surface area contributed by atoms with Gasteiger partial charge < -0.3 is 4.42 Å². The molecule has 1 amide bonds. The van der Waals surface area contributed by atoms with Crippen molar-refractivity contribution in [2.75, 3.05) is 5.75 Å². The summed E-state index contributed by atoms with van der Waals surface area (Å²) in [4.78, 5) is 12.6. The smallest absolute Gasteiger partial charge is 0.271 e. The Morgan fingerprint density at radius 3 is 2.22 bits per heavy atom. The van der Waals surface area contributed by atoms with Crippen molar-refractivity contribution < 1.29 is 26.0 Å². The lowest BCUT2D eigenvalue weighted by Crippen LogP contribution is -2.24. The summed E-state index contributed by atoms with van der Waals surface area (Å²) in [5.74, 6) is -1.05. The Morgan fingerprint density at radius 1 is 0.944 bits per heavy atom. The first-order valence-electron chi connectivity index (χ1n) is 10.4. The van der Waals surface area contributed by atoms with E-state index in [1.165, 1.54) is 36.4 Å². The summed E-state index contributed by atoms with van der Waals surface area (Å²) in [5.41, 5.74) is 3.83. The number of aryl methyl sites for hydroxylation is 1. The van der Waals surface area contributed by atoms with Crippen LogP contribution in [0.5, 0.6) is 0 Å². The van der Waals surface area contributed by atoms with Crippen molar-refractivity contribution in [3.8, 4) is 0 Å². The van der Waals surface area contributed by atoms with Gasteiger partial charge in [-0.1, -0.05) is 33.6 Å². The average Bonchev–Trinajstić information content (AvgIpc) is 3.24. The van der Waals surface area contributed by atoms with Crippen molar-refractivity contribution in [1.82, 2.24) is 5.43 Å². The number of nitrogens with one attached hydrogen (secondary N) is 1. The minimum Gasteiger partial charge on any atom is -0.455 e. The second-order valence-corrected chi connectivity index (χ2v) is 12.4. The summed E-state index contributed by atoms with van der Waals surface area (Å²) in [6.07, 6.45) is 0. The molecule has 1 heterocycles. The Balaban J connectivity index is 1.68. The number of benzene rings is 3. The zero-order chi connectivity index (χ0) is 26.1. The molecule has 3 aromatic carbocycles. The lowest BCUT2D eigenvalue weighted by atomic mass is 10.2. The topological polar surface area (TPSA) is 149 Å². The van der Waals surface area contributed by atoms with E-state index in [2.05, 4.69) is 26.5 Å². The number of rotatable bonds is 7. The van der Waals surface area contributed by atoms with Gasteiger partial charge in [0.2, 0.25) is 10.0 Å². The molecule has 1 aromatic heterocycles. The second kappa shape index (κ2) is 9.97. The molecule has 0 atom stereocenters. The van der Waals surface area contributed by atoms with Gasteiger partial charge >= 0.3 is 0 Å². The maximum Gasteiger partial charge on any atom is 0.271 e. The molecule has 0 fully saturated rings. The van der Waals surface area contributed by atoms with Crippen LogP contribution in [0.1, 0.15) is 21.7 Å². The molecule has 3 N–H and O–H groups in total. The van der Waals surface area contributed by atoms with Crippen LogP contribution < -0.4 is 10.6 Å². The number of halogens is 1. The fourth-order valence-corrected chi connectivity index (χ4v) is 5.48. The minimum atomic E-state index is -3.91. The number of amides is 1. The molecule has 4 rings (SSSR count). The monoisotopic (exact) mass is 589 g/mol.